The molecule has 1 aromatic carbocycles. The van der Waals surface area contributed by atoms with Crippen molar-refractivity contribution in [3.05, 3.63) is 35.4 Å². The van der Waals surface area contributed by atoms with Gasteiger partial charge in [0.05, 0.1) is 11.9 Å². The molecular formula is C20H30N2O5S. The zero-order chi connectivity index (χ0) is 20.7. The molecule has 1 heterocycles. The maximum atomic E-state index is 12.6. The van der Waals surface area contributed by atoms with Crippen molar-refractivity contribution >= 4 is 21.5 Å². The number of amides is 1. The Labute approximate surface area is 167 Å². The number of methoxy groups -OCH3 is 1. The number of carbonyl (C=O) groups is 2. The molecule has 2 rings (SSSR count). The second-order valence-corrected chi connectivity index (χ2v) is 9.48. The smallest absolute Gasteiger partial charge is 0.217 e. The van der Waals surface area contributed by atoms with Gasteiger partial charge in [0.1, 0.15) is 5.75 Å². The van der Waals surface area contributed by atoms with Crippen LogP contribution in [0.2, 0.25) is 0 Å². The maximum absolute atomic E-state index is 12.6. The summed E-state index contributed by atoms with van der Waals surface area (Å²) in [4.78, 5) is 23.5. The SMILES string of the molecule is CO[C@@H]([C@@H]1CCCN1)[C@@H](C)C(=O)CS(=O)(=O)Cc1ccc(CNC(C)=O)cc1. The van der Waals surface area contributed by atoms with Crippen molar-refractivity contribution in [3.63, 3.8) is 0 Å². The number of hydrogen-bond acceptors (Lipinski definition) is 6. The van der Waals surface area contributed by atoms with E-state index in [1.807, 2.05) is 0 Å². The summed E-state index contributed by atoms with van der Waals surface area (Å²) < 4.78 is 30.5. The third-order valence-corrected chi connectivity index (χ3v) is 6.58. The first kappa shape index (κ1) is 22.5. The third kappa shape index (κ3) is 6.68. The topological polar surface area (TPSA) is 102 Å². The number of Topliss-reactive ketones (excluding diaryl/α,β-unsaturated/α-hetero) is 1. The average Bonchev–Trinajstić information content (AvgIpc) is 3.15. The van der Waals surface area contributed by atoms with Crippen LogP contribution in [0.15, 0.2) is 24.3 Å². The molecule has 3 atom stereocenters. The molecule has 1 aromatic rings. The van der Waals surface area contributed by atoms with Gasteiger partial charge in [-0.15, -0.1) is 0 Å². The lowest BCUT2D eigenvalue weighted by Crippen LogP contribution is -2.44. The lowest BCUT2D eigenvalue weighted by Gasteiger charge is -2.27. The molecule has 1 fully saturated rings. The van der Waals surface area contributed by atoms with Crippen molar-refractivity contribution in [2.75, 3.05) is 19.4 Å². The molecule has 0 radical (unpaired) electrons. The van der Waals surface area contributed by atoms with Gasteiger partial charge >= 0.3 is 0 Å². The van der Waals surface area contributed by atoms with E-state index in [-0.39, 0.29) is 29.6 Å². The van der Waals surface area contributed by atoms with Crippen molar-refractivity contribution in [2.45, 2.75) is 51.1 Å². The number of benzene rings is 1. The van der Waals surface area contributed by atoms with Crippen LogP contribution in [0.1, 0.15) is 37.8 Å². The number of ketones is 1. The number of sulfone groups is 1. The van der Waals surface area contributed by atoms with Crippen LogP contribution in [0.4, 0.5) is 0 Å². The van der Waals surface area contributed by atoms with Gasteiger partial charge in [-0.05, 0) is 30.5 Å². The second-order valence-electron chi connectivity index (χ2n) is 7.42. The zero-order valence-corrected chi connectivity index (χ0v) is 17.6. The van der Waals surface area contributed by atoms with E-state index in [1.165, 1.54) is 6.92 Å². The first-order valence-corrected chi connectivity index (χ1v) is 11.4. The minimum absolute atomic E-state index is 0.0859. The predicted octanol–water partition coefficient (Wildman–Crippen LogP) is 1.21. The average molecular weight is 411 g/mol. The van der Waals surface area contributed by atoms with Crippen LogP contribution in [-0.2, 0) is 36.5 Å². The Hall–Kier alpha value is -1.77. The van der Waals surface area contributed by atoms with Gasteiger partial charge in [0, 0.05) is 32.5 Å². The summed E-state index contributed by atoms with van der Waals surface area (Å²) in [6.45, 7) is 4.46. The highest BCUT2D eigenvalue weighted by Gasteiger charge is 2.34. The third-order valence-electron chi connectivity index (χ3n) is 5.08. The van der Waals surface area contributed by atoms with E-state index in [0.717, 1.165) is 24.9 Å². The molecule has 0 aliphatic carbocycles. The number of nitrogens with one attached hydrogen (secondary N) is 2. The van der Waals surface area contributed by atoms with E-state index >= 15 is 0 Å². The molecule has 0 unspecified atom stereocenters. The Balaban J connectivity index is 1.94. The van der Waals surface area contributed by atoms with E-state index in [4.69, 9.17) is 4.74 Å². The Bertz CT molecular complexity index is 770. The lowest BCUT2D eigenvalue weighted by atomic mass is 9.93. The Morgan fingerprint density at radius 1 is 1.25 bits per heavy atom. The fourth-order valence-electron chi connectivity index (χ4n) is 3.53. The van der Waals surface area contributed by atoms with E-state index in [1.54, 1.807) is 38.3 Å². The summed E-state index contributed by atoms with van der Waals surface area (Å²) in [5.74, 6) is -1.61. The molecule has 0 bridgehead atoms. The Morgan fingerprint density at radius 2 is 1.89 bits per heavy atom. The van der Waals surface area contributed by atoms with Crippen LogP contribution in [0.3, 0.4) is 0 Å². The molecule has 2 N–H and O–H groups in total. The molecule has 156 valence electrons. The van der Waals surface area contributed by atoms with Crippen LogP contribution in [0, 0.1) is 5.92 Å². The van der Waals surface area contributed by atoms with E-state index in [0.29, 0.717) is 12.1 Å². The molecule has 0 saturated carbocycles. The monoisotopic (exact) mass is 410 g/mol. The van der Waals surface area contributed by atoms with Gasteiger partial charge < -0.3 is 15.4 Å². The summed E-state index contributed by atoms with van der Waals surface area (Å²) in [5, 5.41) is 6.00. The van der Waals surface area contributed by atoms with Gasteiger partial charge in [0.2, 0.25) is 5.91 Å². The second kappa shape index (κ2) is 10.1. The fourth-order valence-corrected chi connectivity index (χ4v) is 5.02. The Kier molecular flexibility index (Phi) is 8.15. The maximum Gasteiger partial charge on any atom is 0.217 e. The minimum Gasteiger partial charge on any atom is -0.379 e. The predicted molar refractivity (Wildman–Crippen MR) is 107 cm³/mol. The summed E-state index contributed by atoms with van der Waals surface area (Å²) in [6.07, 6.45) is 1.63. The molecule has 28 heavy (non-hydrogen) atoms. The molecule has 1 saturated heterocycles. The van der Waals surface area contributed by atoms with E-state index in [2.05, 4.69) is 10.6 Å². The van der Waals surface area contributed by atoms with Crippen LogP contribution in [0.25, 0.3) is 0 Å². The molecule has 1 aliphatic rings. The normalized spacial score (nSPS) is 19.2. The molecular weight excluding hydrogens is 380 g/mol. The van der Waals surface area contributed by atoms with Crippen molar-refractivity contribution in [1.29, 1.82) is 0 Å². The first-order valence-electron chi connectivity index (χ1n) is 9.53. The quantitative estimate of drug-likeness (QED) is 0.601. The highest BCUT2D eigenvalue weighted by molar-refractivity contribution is 7.91. The van der Waals surface area contributed by atoms with Gasteiger partial charge in [-0.3, -0.25) is 9.59 Å². The molecule has 1 amide bonds. The van der Waals surface area contributed by atoms with Crippen LogP contribution in [0.5, 0.6) is 0 Å². The zero-order valence-electron chi connectivity index (χ0n) is 16.7. The van der Waals surface area contributed by atoms with E-state index in [9.17, 15) is 18.0 Å². The minimum atomic E-state index is -3.58. The van der Waals surface area contributed by atoms with Gasteiger partial charge in [-0.2, -0.15) is 0 Å². The summed E-state index contributed by atoms with van der Waals surface area (Å²) in [6, 6.07) is 7.06. The van der Waals surface area contributed by atoms with Crippen molar-refractivity contribution in [1.82, 2.24) is 10.6 Å². The number of hydrogen-bond donors (Lipinski definition) is 2. The Morgan fingerprint density at radius 3 is 2.43 bits per heavy atom. The van der Waals surface area contributed by atoms with Crippen molar-refractivity contribution in [2.24, 2.45) is 5.92 Å². The largest absolute Gasteiger partial charge is 0.379 e. The first-order chi connectivity index (χ1) is 13.2. The lowest BCUT2D eigenvalue weighted by molar-refractivity contribution is -0.124. The standard InChI is InChI=1S/C20H30N2O5S/c1-14(20(27-3)18-5-4-10-21-18)19(24)13-28(25,26)12-17-8-6-16(7-9-17)11-22-15(2)23/h6-9,14,18,20-21H,4-5,10-13H2,1-3H3,(H,22,23)/t14-,18-,20+/m0/s1. The molecule has 0 aromatic heterocycles. The highest BCUT2D eigenvalue weighted by Crippen LogP contribution is 2.20. The summed E-state index contributed by atoms with van der Waals surface area (Å²) >= 11 is 0. The summed E-state index contributed by atoms with van der Waals surface area (Å²) in [7, 11) is -2.02. The molecule has 0 spiro atoms. The summed E-state index contributed by atoms with van der Waals surface area (Å²) in [5.41, 5.74) is 1.50. The van der Waals surface area contributed by atoms with Crippen LogP contribution in [-0.4, -0.2) is 51.7 Å². The molecule has 1 aliphatic heterocycles. The van der Waals surface area contributed by atoms with E-state index < -0.39 is 21.5 Å². The van der Waals surface area contributed by atoms with Crippen LogP contribution >= 0.6 is 0 Å². The number of ether oxygens (including phenoxy) is 1. The molecule has 8 heteroatoms. The number of rotatable bonds is 10. The van der Waals surface area contributed by atoms with Gasteiger partial charge in [-0.1, -0.05) is 31.2 Å². The molecule has 7 nitrogen and oxygen atoms in total. The van der Waals surface area contributed by atoms with Gasteiger partial charge in [-0.25, -0.2) is 8.42 Å². The van der Waals surface area contributed by atoms with Crippen molar-refractivity contribution < 1.29 is 22.7 Å². The van der Waals surface area contributed by atoms with Gasteiger partial charge in [0.25, 0.3) is 0 Å². The number of carbonyl (C=O) groups excluding carboxylic acids is 2. The van der Waals surface area contributed by atoms with Crippen molar-refractivity contribution in [3.8, 4) is 0 Å². The van der Waals surface area contributed by atoms with Gasteiger partial charge in [0.15, 0.2) is 15.6 Å². The fraction of sp³-hybridized carbons (Fsp3) is 0.600. The highest BCUT2D eigenvalue weighted by atomic mass is 32.2. The van der Waals surface area contributed by atoms with Crippen LogP contribution < -0.4 is 10.6 Å².